The van der Waals surface area contributed by atoms with E-state index in [1.807, 2.05) is 0 Å². The monoisotopic (exact) mass is 131 g/mol. The minimum atomic E-state index is -1.27. The second-order valence-corrected chi connectivity index (χ2v) is 2.04. The van der Waals surface area contributed by atoms with Crippen molar-refractivity contribution >= 4 is 0 Å². The third-order valence-electron chi connectivity index (χ3n) is 0.815. The van der Waals surface area contributed by atoms with E-state index in [4.69, 9.17) is 15.7 Å². The number of nitrogens with zero attached hydrogens (tertiary/aromatic N) is 3. The molecular formula is C4H9N3O2. The summed E-state index contributed by atoms with van der Waals surface area (Å²) in [5.74, 6) is 0. The van der Waals surface area contributed by atoms with Gasteiger partial charge in [0, 0.05) is 4.91 Å². The Labute approximate surface area is 52.6 Å². The second kappa shape index (κ2) is 3.29. The number of hydrogen-bond acceptors (Lipinski definition) is 3. The summed E-state index contributed by atoms with van der Waals surface area (Å²) in [4.78, 5) is 2.42. The van der Waals surface area contributed by atoms with E-state index in [0.29, 0.717) is 0 Å². The highest BCUT2D eigenvalue weighted by Gasteiger charge is 2.16. The van der Waals surface area contributed by atoms with Gasteiger partial charge in [0.05, 0.1) is 18.8 Å². The van der Waals surface area contributed by atoms with Crippen LogP contribution >= 0.6 is 0 Å². The average molecular weight is 131 g/mol. The van der Waals surface area contributed by atoms with Gasteiger partial charge in [0.15, 0.2) is 0 Å². The highest BCUT2D eigenvalue weighted by atomic mass is 16.3. The van der Waals surface area contributed by atoms with Crippen LogP contribution < -0.4 is 0 Å². The lowest BCUT2D eigenvalue weighted by Gasteiger charge is -2.15. The van der Waals surface area contributed by atoms with Gasteiger partial charge in [-0.25, -0.2) is 0 Å². The van der Waals surface area contributed by atoms with Crippen LogP contribution in [0, 0.1) is 0 Å². The molecule has 0 radical (unpaired) electrons. The molecule has 0 saturated carbocycles. The van der Waals surface area contributed by atoms with Crippen molar-refractivity contribution in [3.05, 3.63) is 10.4 Å². The quantitative estimate of drug-likeness (QED) is 0.321. The molecule has 5 nitrogen and oxygen atoms in total. The van der Waals surface area contributed by atoms with Gasteiger partial charge in [0.1, 0.15) is 0 Å². The minimum absolute atomic E-state index is 0.0972. The van der Waals surface area contributed by atoms with E-state index in [2.05, 4.69) is 10.0 Å². The molecule has 0 aliphatic rings. The minimum Gasteiger partial charge on any atom is -0.393 e. The van der Waals surface area contributed by atoms with Crippen molar-refractivity contribution in [2.75, 3.05) is 13.2 Å². The Morgan fingerprint density at radius 3 is 2.67 bits per heavy atom. The van der Waals surface area contributed by atoms with Crippen molar-refractivity contribution in [1.29, 1.82) is 0 Å². The van der Waals surface area contributed by atoms with Gasteiger partial charge in [-0.3, -0.25) is 0 Å². The molecule has 2 N–H and O–H groups in total. The number of azide groups is 1. The first-order chi connectivity index (χ1) is 4.12. The van der Waals surface area contributed by atoms with E-state index < -0.39 is 12.2 Å². The van der Waals surface area contributed by atoms with Crippen LogP contribution in [-0.4, -0.2) is 29.0 Å². The summed E-state index contributed by atoms with van der Waals surface area (Å²) in [5, 5.41) is 20.4. The van der Waals surface area contributed by atoms with Gasteiger partial charge in [-0.05, 0) is 12.5 Å². The predicted molar refractivity (Wildman–Crippen MR) is 31.7 cm³/mol. The first-order valence-corrected chi connectivity index (χ1v) is 2.46. The number of rotatable bonds is 3. The smallest absolute Gasteiger partial charge is 0.0905 e. The molecule has 52 valence electrons. The van der Waals surface area contributed by atoms with Gasteiger partial charge in [0.25, 0.3) is 0 Å². The van der Waals surface area contributed by atoms with E-state index in [0.717, 1.165) is 0 Å². The Bertz CT molecular complexity index is 128. The zero-order valence-electron chi connectivity index (χ0n) is 5.15. The maximum atomic E-state index is 8.94. The van der Waals surface area contributed by atoms with E-state index in [-0.39, 0.29) is 6.54 Å². The molecule has 9 heavy (non-hydrogen) atoms. The van der Waals surface area contributed by atoms with Gasteiger partial charge in [0.2, 0.25) is 0 Å². The van der Waals surface area contributed by atoms with Gasteiger partial charge in [-0.15, -0.1) is 0 Å². The highest BCUT2D eigenvalue weighted by Crippen LogP contribution is 2.00. The molecule has 0 rings (SSSR count). The van der Waals surface area contributed by atoms with Crippen LogP contribution in [-0.2, 0) is 0 Å². The average Bonchev–Trinajstić information content (AvgIpc) is 1.84. The maximum absolute atomic E-state index is 8.94. The fourth-order valence-corrected chi connectivity index (χ4v) is 0.234. The Hall–Kier alpha value is -0.770. The fraction of sp³-hybridized carbons (Fsp3) is 1.00. The highest BCUT2D eigenvalue weighted by molar-refractivity contribution is 4.73. The van der Waals surface area contributed by atoms with Gasteiger partial charge < -0.3 is 10.2 Å². The first-order valence-electron chi connectivity index (χ1n) is 2.46. The van der Waals surface area contributed by atoms with Crippen LogP contribution in [0.1, 0.15) is 6.92 Å². The SMILES string of the molecule is CC(O)(CO)CN=[N+]=[N-]. The topological polar surface area (TPSA) is 89.2 Å². The molecule has 0 amide bonds. The molecule has 0 fully saturated rings. The summed E-state index contributed by atoms with van der Waals surface area (Å²) in [6.07, 6.45) is 0. The first kappa shape index (κ1) is 8.23. The Morgan fingerprint density at radius 1 is 1.78 bits per heavy atom. The van der Waals surface area contributed by atoms with Crippen molar-refractivity contribution in [3.63, 3.8) is 0 Å². The predicted octanol–water partition coefficient (Wildman–Crippen LogP) is 0.0400. The van der Waals surface area contributed by atoms with E-state index >= 15 is 0 Å². The number of hydrogen-bond donors (Lipinski definition) is 2. The van der Waals surface area contributed by atoms with Crippen LogP contribution in [0.4, 0.5) is 0 Å². The van der Waals surface area contributed by atoms with Crippen LogP contribution in [0.2, 0.25) is 0 Å². The molecule has 0 aliphatic carbocycles. The lowest BCUT2D eigenvalue weighted by Crippen LogP contribution is -2.32. The third kappa shape index (κ3) is 3.78. The summed E-state index contributed by atoms with van der Waals surface area (Å²) in [6, 6.07) is 0. The molecule has 1 atom stereocenters. The van der Waals surface area contributed by atoms with Crippen LogP contribution in [0.3, 0.4) is 0 Å². The van der Waals surface area contributed by atoms with Gasteiger partial charge in [-0.2, -0.15) is 0 Å². The molecule has 0 aliphatic heterocycles. The summed E-state index contributed by atoms with van der Waals surface area (Å²) in [6.45, 7) is 0.897. The molecule has 0 heterocycles. The van der Waals surface area contributed by atoms with Crippen molar-refractivity contribution in [2.24, 2.45) is 5.11 Å². The van der Waals surface area contributed by atoms with Crippen LogP contribution in [0.25, 0.3) is 10.4 Å². The molecule has 5 heteroatoms. The molecule has 0 bridgehead atoms. The van der Waals surface area contributed by atoms with Crippen molar-refractivity contribution in [2.45, 2.75) is 12.5 Å². The molecule has 0 spiro atoms. The van der Waals surface area contributed by atoms with Crippen molar-refractivity contribution in [3.8, 4) is 0 Å². The Balaban J connectivity index is 3.71. The molecule has 0 saturated heterocycles. The van der Waals surface area contributed by atoms with Gasteiger partial charge in [-0.1, -0.05) is 5.11 Å². The summed E-state index contributed by atoms with van der Waals surface area (Å²) in [7, 11) is 0. The van der Waals surface area contributed by atoms with Crippen LogP contribution in [0.15, 0.2) is 5.11 Å². The standard InChI is InChI=1S/C4H9N3O2/c1-4(9,3-8)2-6-7-5/h8-9H,2-3H2,1H3. The van der Waals surface area contributed by atoms with E-state index in [1.54, 1.807) is 0 Å². The van der Waals surface area contributed by atoms with Crippen LogP contribution in [0.5, 0.6) is 0 Å². The normalized spacial score (nSPS) is 15.9. The summed E-state index contributed by atoms with van der Waals surface area (Å²) >= 11 is 0. The lowest BCUT2D eigenvalue weighted by atomic mass is 10.1. The molecule has 0 aromatic rings. The zero-order valence-corrected chi connectivity index (χ0v) is 5.15. The number of aliphatic hydroxyl groups is 2. The van der Waals surface area contributed by atoms with Gasteiger partial charge >= 0.3 is 0 Å². The van der Waals surface area contributed by atoms with E-state index in [1.165, 1.54) is 6.92 Å². The second-order valence-electron chi connectivity index (χ2n) is 2.04. The zero-order chi connectivity index (χ0) is 7.33. The molecule has 0 aromatic carbocycles. The van der Waals surface area contributed by atoms with Crippen molar-refractivity contribution in [1.82, 2.24) is 0 Å². The Kier molecular flexibility index (Phi) is 3.01. The van der Waals surface area contributed by atoms with Crippen molar-refractivity contribution < 1.29 is 10.2 Å². The Morgan fingerprint density at radius 2 is 2.33 bits per heavy atom. The summed E-state index contributed by atoms with van der Waals surface area (Å²) in [5.41, 5.74) is 6.52. The largest absolute Gasteiger partial charge is 0.393 e. The lowest BCUT2D eigenvalue weighted by molar-refractivity contribution is 0.00983. The maximum Gasteiger partial charge on any atom is 0.0905 e. The molecule has 1 unspecified atom stereocenters. The molecular weight excluding hydrogens is 122 g/mol. The fourth-order valence-electron chi connectivity index (χ4n) is 0.234. The number of aliphatic hydroxyl groups excluding tert-OH is 1. The summed E-state index contributed by atoms with van der Waals surface area (Å²) < 4.78 is 0. The third-order valence-corrected chi connectivity index (χ3v) is 0.815. The molecule has 0 aromatic heterocycles. The van der Waals surface area contributed by atoms with E-state index in [9.17, 15) is 0 Å².